The van der Waals surface area contributed by atoms with E-state index < -0.39 is 11.6 Å². The van der Waals surface area contributed by atoms with Gasteiger partial charge in [0.15, 0.2) is 0 Å². The van der Waals surface area contributed by atoms with Gasteiger partial charge in [-0.1, -0.05) is 0 Å². The van der Waals surface area contributed by atoms with Crippen LogP contribution in [0.3, 0.4) is 0 Å². The molecular formula is C13H16BrF2NO. The van der Waals surface area contributed by atoms with Crippen molar-refractivity contribution in [2.24, 2.45) is 5.92 Å². The zero-order valence-electron chi connectivity index (χ0n) is 10.2. The molecule has 0 radical (unpaired) electrons. The lowest BCUT2D eigenvalue weighted by atomic mass is 9.86. The predicted octanol–water partition coefficient (Wildman–Crippen LogP) is 3.41. The first-order valence-corrected chi connectivity index (χ1v) is 6.83. The Morgan fingerprint density at radius 3 is 2.61 bits per heavy atom. The fourth-order valence-electron chi connectivity index (χ4n) is 2.49. The Balaban J connectivity index is 2.34. The van der Waals surface area contributed by atoms with Gasteiger partial charge in [0.1, 0.15) is 11.6 Å². The minimum Gasteiger partial charge on any atom is -0.381 e. The van der Waals surface area contributed by atoms with E-state index in [1.165, 1.54) is 12.1 Å². The molecule has 1 N–H and O–H groups in total. The first kappa shape index (κ1) is 13.9. The number of hydrogen-bond acceptors (Lipinski definition) is 2. The molecule has 5 heteroatoms. The number of rotatable bonds is 3. The van der Waals surface area contributed by atoms with E-state index in [4.69, 9.17) is 4.74 Å². The fourth-order valence-corrected chi connectivity index (χ4v) is 2.84. The Hall–Kier alpha value is -0.520. The van der Waals surface area contributed by atoms with Crippen LogP contribution in [0.4, 0.5) is 8.78 Å². The molecule has 1 aliphatic rings. The topological polar surface area (TPSA) is 21.3 Å². The molecule has 0 spiro atoms. The van der Waals surface area contributed by atoms with Crippen LogP contribution in [-0.4, -0.2) is 20.3 Å². The van der Waals surface area contributed by atoms with Crippen LogP contribution in [0.5, 0.6) is 0 Å². The second-order valence-electron chi connectivity index (χ2n) is 4.47. The molecule has 1 aromatic rings. The van der Waals surface area contributed by atoms with Crippen molar-refractivity contribution in [2.45, 2.75) is 18.9 Å². The van der Waals surface area contributed by atoms with Gasteiger partial charge in [-0.15, -0.1) is 0 Å². The van der Waals surface area contributed by atoms with Crippen LogP contribution in [0.1, 0.15) is 24.4 Å². The van der Waals surface area contributed by atoms with E-state index in [9.17, 15) is 8.78 Å². The first-order chi connectivity index (χ1) is 8.65. The van der Waals surface area contributed by atoms with Gasteiger partial charge in [-0.3, -0.25) is 0 Å². The highest BCUT2D eigenvalue weighted by molar-refractivity contribution is 9.10. The third-order valence-corrected chi connectivity index (χ3v) is 4.05. The zero-order valence-corrected chi connectivity index (χ0v) is 11.8. The van der Waals surface area contributed by atoms with E-state index in [2.05, 4.69) is 21.2 Å². The number of halogens is 3. The van der Waals surface area contributed by atoms with Crippen LogP contribution in [0.25, 0.3) is 0 Å². The molecule has 1 aromatic carbocycles. The Morgan fingerprint density at radius 2 is 2.00 bits per heavy atom. The standard InChI is InChI=1S/C13H16BrF2NO/c1-17-13(8-4-6-18-7-5-8)11-10(15)3-2-9(14)12(11)16/h2-3,8,13,17H,4-7H2,1H3. The van der Waals surface area contributed by atoms with Crippen LogP contribution in [0, 0.1) is 17.6 Å². The summed E-state index contributed by atoms with van der Waals surface area (Å²) >= 11 is 3.11. The molecule has 0 amide bonds. The second-order valence-corrected chi connectivity index (χ2v) is 5.33. The van der Waals surface area contributed by atoms with E-state index in [1.54, 1.807) is 7.05 Å². The lowest BCUT2D eigenvalue weighted by Gasteiger charge is -2.31. The highest BCUT2D eigenvalue weighted by Crippen LogP contribution is 2.34. The van der Waals surface area contributed by atoms with Gasteiger partial charge in [0.2, 0.25) is 0 Å². The maximum Gasteiger partial charge on any atom is 0.145 e. The second kappa shape index (κ2) is 6.08. The quantitative estimate of drug-likeness (QED) is 0.862. The average Bonchev–Trinajstić information content (AvgIpc) is 2.40. The summed E-state index contributed by atoms with van der Waals surface area (Å²) in [5.74, 6) is -0.815. The number of hydrogen-bond donors (Lipinski definition) is 1. The summed E-state index contributed by atoms with van der Waals surface area (Å²) in [5.41, 5.74) is 0.124. The highest BCUT2D eigenvalue weighted by atomic mass is 79.9. The largest absolute Gasteiger partial charge is 0.381 e. The lowest BCUT2D eigenvalue weighted by molar-refractivity contribution is 0.0536. The lowest BCUT2D eigenvalue weighted by Crippen LogP contribution is -2.31. The van der Waals surface area contributed by atoms with Crippen molar-refractivity contribution >= 4 is 15.9 Å². The van der Waals surface area contributed by atoms with Crippen molar-refractivity contribution in [3.8, 4) is 0 Å². The Kier molecular flexibility index (Phi) is 4.70. The molecule has 18 heavy (non-hydrogen) atoms. The minimum absolute atomic E-state index is 0.124. The Bertz CT molecular complexity index is 422. The van der Waals surface area contributed by atoms with E-state index in [0.717, 1.165) is 12.8 Å². The number of ether oxygens (including phenoxy) is 1. The Morgan fingerprint density at radius 1 is 1.33 bits per heavy atom. The zero-order chi connectivity index (χ0) is 13.1. The maximum absolute atomic E-state index is 14.1. The van der Waals surface area contributed by atoms with Gasteiger partial charge in [-0.25, -0.2) is 8.78 Å². The van der Waals surface area contributed by atoms with Crippen molar-refractivity contribution in [1.29, 1.82) is 0 Å². The van der Waals surface area contributed by atoms with Crippen LogP contribution in [0.2, 0.25) is 0 Å². The molecule has 1 atom stereocenters. The van der Waals surface area contributed by atoms with Crippen LogP contribution >= 0.6 is 15.9 Å². The highest BCUT2D eigenvalue weighted by Gasteiger charge is 2.29. The molecule has 1 saturated heterocycles. The third-order valence-electron chi connectivity index (χ3n) is 3.44. The smallest absolute Gasteiger partial charge is 0.145 e. The molecule has 0 saturated carbocycles. The molecule has 0 aromatic heterocycles. The van der Waals surface area contributed by atoms with Crippen molar-refractivity contribution in [2.75, 3.05) is 20.3 Å². The van der Waals surface area contributed by atoms with Gasteiger partial charge in [0.25, 0.3) is 0 Å². The maximum atomic E-state index is 14.1. The van der Waals surface area contributed by atoms with Gasteiger partial charge in [-0.2, -0.15) is 0 Å². The van der Waals surface area contributed by atoms with Gasteiger partial charge >= 0.3 is 0 Å². The van der Waals surface area contributed by atoms with E-state index >= 15 is 0 Å². The summed E-state index contributed by atoms with van der Waals surface area (Å²) in [6.45, 7) is 1.31. The van der Waals surface area contributed by atoms with Crippen LogP contribution < -0.4 is 5.32 Å². The molecule has 0 bridgehead atoms. The minimum atomic E-state index is -0.513. The summed E-state index contributed by atoms with van der Waals surface area (Å²) in [5, 5.41) is 3.04. The predicted molar refractivity (Wildman–Crippen MR) is 69.4 cm³/mol. The summed E-state index contributed by atoms with van der Waals surface area (Å²) < 4.78 is 33.6. The van der Waals surface area contributed by atoms with Crippen molar-refractivity contribution in [3.63, 3.8) is 0 Å². The van der Waals surface area contributed by atoms with Crippen molar-refractivity contribution < 1.29 is 13.5 Å². The molecule has 1 aliphatic heterocycles. The summed E-state index contributed by atoms with van der Waals surface area (Å²) in [7, 11) is 1.74. The molecule has 0 aliphatic carbocycles. The molecule has 2 rings (SSSR count). The SMILES string of the molecule is CNC(c1c(F)ccc(Br)c1F)C1CCOCC1. The summed E-state index contributed by atoms with van der Waals surface area (Å²) in [4.78, 5) is 0. The van der Waals surface area contributed by atoms with Crippen molar-refractivity contribution in [1.82, 2.24) is 5.32 Å². The fraction of sp³-hybridized carbons (Fsp3) is 0.538. The molecular weight excluding hydrogens is 304 g/mol. The Labute approximate surface area is 114 Å². The molecule has 1 heterocycles. The molecule has 1 unspecified atom stereocenters. The van der Waals surface area contributed by atoms with Crippen LogP contribution in [0.15, 0.2) is 16.6 Å². The number of nitrogens with one attached hydrogen (secondary N) is 1. The first-order valence-electron chi connectivity index (χ1n) is 6.03. The normalized spacial score (nSPS) is 18.9. The average molecular weight is 320 g/mol. The summed E-state index contributed by atoms with van der Waals surface area (Å²) in [6, 6.07) is 2.38. The van der Waals surface area contributed by atoms with Gasteiger partial charge in [0.05, 0.1) is 4.47 Å². The van der Waals surface area contributed by atoms with Gasteiger partial charge < -0.3 is 10.1 Å². The monoisotopic (exact) mass is 319 g/mol. The van der Waals surface area contributed by atoms with Gasteiger partial charge in [-0.05, 0) is 53.9 Å². The van der Waals surface area contributed by atoms with Crippen LogP contribution in [-0.2, 0) is 4.74 Å². The van der Waals surface area contributed by atoms with Crippen molar-refractivity contribution in [3.05, 3.63) is 33.8 Å². The van der Waals surface area contributed by atoms with E-state index in [-0.39, 0.29) is 17.5 Å². The molecule has 1 fully saturated rings. The van der Waals surface area contributed by atoms with E-state index in [0.29, 0.717) is 17.7 Å². The number of benzene rings is 1. The summed E-state index contributed by atoms with van der Waals surface area (Å²) in [6.07, 6.45) is 1.63. The van der Waals surface area contributed by atoms with E-state index in [1.807, 2.05) is 0 Å². The van der Waals surface area contributed by atoms with Gasteiger partial charge in [0, 0.05) is 24.8 Å². The third kappa shape index (κ3) is 2.73. The molecule has 100 valence electrons. The molecule has 2 nitrogen and oxygen atoms in total.